The van der Waals surface area contributed by atoms with E-state index in [4.69, 9.17) is 12.2 Å². The molecule has 1 fully saturated rings. The fraction of sp³-hybridized carbons (Fsp3) is 0.500. The van der Waals surface area contributed by atoms with Crippen molar-refractivity contribution >= 4 is 12.2 Å². The molecule has 0 aliphatic heterocycles. The zero-order valence-electron chi connectivity index (χ0n) is 9.27. The first-order valence-electron chi connectivity index (χ1n) is 5.34. The largest absolute Gasteiger partial charge is 0.297 e. The first kappa shape index (κ1) is 9.77. The van der Waals surface area contributed by atoms with E-state index in [1.165, 1.54) is 12.8 Å². The molecule has 0 aromatic carbocycles. The molecule has 0 amide bonds. The van der Waals surface area contributed by atoms with Gasteiger partial charge in [-0.2, -0.15) is 10.2 Å². The lowest BCUT2D eigenvalue weighted by atomic mass is 10.2. The highest BCUT2D eigenvalue weighted by molar-refractivity contribution is 7.71. The van der Waals surface area contributed by atoms with E-state index >= 15 is 0 Å². The number of aromatic amines is 1. The van der Waals surface area contributed by atoms with Crippen molar-refractivity contribution in [2.45, 2.75) is 25.8 Å². The molecule has 1 aliphatic rings. The molecular weight excluding hydrogens is 222 g/mol. The normalized spacial score (nSPS) is 15.6. The van der Waals surface area contributed by atoms with Crippen molar-refractivity contribution in [2.24, 2.45) is 7.05 Å². The van der Waals surface area contributed by atoms with E-state index in [2.05, 4.69) is 19.9 Å². The van der Waals surface area contributed by atoms with Crippen LogP contribution < -0.4 is 0 Å². The Kier molecular flexibility index (Phi) is 2.00. The molecular formula is C10H13N5S. The summed E-state index contributed by atoms with van der Waals surface area (Å²) in [5.74, 6) is 0.915. The highest BCUT2D eigenvalue weighted by Crippen LogP contribution is 2.38. The predicted octanol–water partition coefficient (Wildman–Crippen LogP) is 1.98. The van der Waals surface area contributed by atoms with Gasteiger partial charge in [0.25, 0.3) is 0 Å². The highest BCUT2D eigenvalue weighted by atomic mass is 32.1. The molecule has 0 radical (unpaired) electrons. The number of aryl methyl sites for hydroxylation is 1. The van der Waals surface area contributed by atoms with Crippen molar-refractivity contribution in [1.29, 1.82) is 0 Å². The molecule has 16 heavy (non-hydrogen) atoms. The van der Waals surface area contributed by atoms with Gasteiger partial charge in [0.2, 0.25) is 0 Å². The van der Waals surface area contributed by atoms with Gasteiger partial charge in [0.15, 0.2) is 10.6 Å². The van der Waals surface area contributed by atoms with Crippen molar-refractivity contribution in [2.75, 3.05) is 0 Å². The summed E-state index contributed by atoms with van der Waals surface area (Å²) >= 11 is 5.26. The number of nitrogens with one attached hydrogen (secondary N) is 1. The van der Waals surface area contributed by atoms with E-state index in [1.54, 1.807) is 0 Å². The van der Waals surface area contributed by atoms with Gasteiger partial charge in [-0.15, -0.1) is 0 Å². The molecule has 1 N–H and O–H groups in total. The van der Waals surface area contributed by atoms with Crippen LogP contribution in [0.2, 0.25) is 0 Å². The molecule has 0 atom stereocenters. The van der Waals surface area contributed by atoms with Gasteiger partial charge < -0.3 is 0 Å². The Balaban J connectivity index is 2.19. The SMILES string of the molecule is Cc1c(-c2n[nH]c(=S)n2C2CC2)cnn1C. The van der Waals surface area contributed by atoms with Gasteiger partial charge in [0.05, 0.1) is 11.8 Å². The van der Waals surface area contributed by atoms with E-state index in [1.807, 2.05) is 24.9 Å². The van der Waals surface area contributed by atoms with Crippen LogP contribution in [0.25, 0.3) is 11.4 Å². The van der Waals surface area contributed by atoms with E-state index in [9.17, 15) is 0 Å². The van der Waals surface area contributed by atoms with E-state index in [0.717, 1.165) is 17.1 Å². The molecule has 84 valence electrons. The Labute approximate surface area is 98.1 Å². The van der Waals surface area contributed by atoms with Crippen molar-refractivity contribution in [3.8, 4) is 11.4 Å². The fourth-order valence-corrected chi connectivity index (χ4v) is 2.17. The van der Waals surface area contributed by atoms with E-state index in [0.29, 0.717) is 10.8 Å². The third-order valence-electron chi connectivity index (χ3n) is 3.09. The minimum atomic E-state index is 0.529. The van der Waals surface area contributed by atoms with Crippen LogP contribution in [0.3, 0.4) is 0 Å². The molecule has 1 aliphatic carbocycles. The van der Waals surface area contributed by atoms with Crippen LogP contribution in [0, 0.1) is 11.7 Å². The number of hydrogen-bond donors (Lipinski definition) is 1. The number of H-pyrrole nitrogens is 1. The van der Waals surface area contributed by atoms with Gasteiger partial charge in [-0.1, -0.05) is 0 Å². The van der Waals surface area contributed by atoms with Crippen LogP contribution >= 0.6 is 12.2 Å². The third-order valence-corrected chi connectivity index (χ3v) is 3.38. The van der Waals surface area contributed by atoms with Crippen LogP contribution in [-0.4, -0.2) is 24.5 Å². The van der Waals surface area contributed by atoms with Crippen LogP contribution in [0.5, 0.6) is 0 Å². The molecule has 2 aromatic rings. The van der Waals surface area contributed by atoms with Gasteiger partial charge in [-0.25, -0.2) is 0 Å². The minimum absolute atomic E-state index is 0.529. The monoisotopic (exact) mass is 235 g/mol. The van der Waals surface area contributed by atoms with Crippen LogP contribution in [-0.2, 0) is 7.05 Å². The Morgan fingerprint density at radius 3 is 2.81 bits per heavy atom. The topological polar surface area (TPSA) is 51.4 Å². The van der Waals surface area contributed by atoms with Gasteiger partial charge in [0, 0.05) is 18.8 Å². The number of aromatic nitrogens is 5. The molecule has 0 bridgehead atoms. The second-order valence-corrected chi connectivity index (χ2v) is 4.61. The fourth-order valence-electron chi connectivity index (χ4n) is 1.88. The molecule has 1 saturated carbocycles. The average molecular weight is 235 g/mol. The average Bonchev–Trinajstić information content (AvgIpc) is 2.96. The smallest absolute Gasteiger partial charge is 0.195 e. The maximum atomic E-state index is 5.26. The first-order chi connectivity index (χ1) is 7.68. The number of nitrogens with zero attached hydrogens (tertiary/aromatic N) is 4. The van der Waals surface area contributed by atoms with Crippen molar-refractivity contribution < 1.29 is 0 Å². The summed E-state index contributed by atoms with van der Waals surface area (Å²) in [7, 11) is 1.93. The number of rotatable bonds is 2. The third kappa shape index (κ3) is 1.33. The van der Waals surface area contributed by atoms with Crippen molar-refractivity contribution in [1.82, 2.24) is 24.5 Å². The zero-order chi connectivity index (χ0) is 11.3. The van der Waals surface area contributed by atoms with Crippen LogP contribution in [0.1, 0.15) is 24.6 Å². The molecule has 2 heterocycles. The summed E-state index contributed by atoms with van der Waals surface area (Å²) in [6.07, 6.45) is 4.24. The highest BCUT2D eigenvalue weighted by Gasteiger charge is 2.28. The summed E-state index contributed by atoms with van der Waals surface area (Å²) in [6.45, 7) is 2.04. The Morgan fingerprint density at radius 1 is 1.50 bits per heavy atom. The lowest BCUT2D eigenvalue weighted by molar-refractivity contribution is 0.729. The summed E-state index contributed by atoms with van der Waals surface area (Å²) in [5.41, 5.74) is 2.16. The van der Waals surface area contributed by atoms with Gasteiger partial charge in [-0.3, -0.25) is 14.3 Å². The quantitative estimate of drug-likeness (QED) is 0.810. The zero-order valence-corrected chi connectivity index (χ0v) is 10.1. The molecule has 3 rings (SSSR count). The van der Waals surface area contributed by atoms with Gasteiger partial charge in [-0.05, 0) is 32.0 Å². The maximum absolute atomic E-state index is 5.26. The molecule has 0 saturated heterocycles. The molecule has 5 nitrogen and oxygen atoms in total. The van der Waals surface area contributed by atoms with Crippen molar-refractivity contribution in [3.05, 3.63) is 16.7 Å². The van der Waals surface area contributed by atoms with Crippen molar-refractivity contribution in [3.63, 3.8) is 0 Å². The van der Waals surface area contributed by atoms with Crippen LogP contribution in [0.15, 0.2) is 6.20 Å². The second kappa shape index (κ2) is 3.28. The lowest BCUT2D eigenvalue weighted by Crippen LogP contribution is -1.99. The Morgan fingerprint density at radius 2 is 2.25 bits per heavy atom. The first-order valence-corrected chi connectivity index (χ1v) is 5.75. The Bertz CT molecular complexity index is 587. The molecule has 0 spiro atoms. The Hall–Kier alpha value is -1.43. The molecule has 2 aromatic heterocycles. The van der Waals surface area contributed by atoms with E-state index < -0.39 is 0 Å². The van der Waals surface area contributed by atoms with Gasteiger partial charge >= 0.3 is 0 Å². The summed E-state index contributed by atoms with van der Waals surface area (Å²) < 4.78 is 4.67. The summed E-state index contributed by atoms with van der Waals surface area (Å²) in [6, 6.07) is 0.529. The van der Waals surface area contributed by atoms with Gasteiger partial charge in [0.1, 0.15) is 0 Å². The summed E-state index contributed by atoms with van der Waals surface area (Å²) in [5, 5.41) is 11.4. The number of hydrogen-bond acceptors (Lipinski definition) is 3. The van der Waals surface area contributed by atoms with E-state index in [-0.39, 0.29) is 0 Å². The predicted molar refractivity (Wildman–Crippen MR) is 62.6 cm³/mol. The molecule has 0 unspecified atom stereocenters. The minimum Gasteiger partial charge on any atom is -0.297 e. The summed E-state index contributed by atoms with van der Waals surface area (Å²) in [4.78, 5) is 0. The molecule has 6 heteroatoms. The second-order valence-electron chi connectivity index (χ2n) is 4.22. The standard InChI is InChI=1S/C10H13N5S/c1-6-8(5-11-14(6)2)9-12-13-10(16)15(9)7-3-4-7/h5,7H,3-4H2,1-2H3,(H,13,16). The lowest BCUT2D eigenvalue weighted by Gasteiger charge is -2.03. The maximum Gasteiger partial charge on any atom is 0.195 e. The van der Waals surface area contributed by atoms with Crippen LogP contribution in [0.4, 0.5) is 0 Å².